The monoisotopic (exact) mass is 243 g/mol. The summed E-state index contributed by atoms with van der Waals surface area (Å²) in [6.45, 7) is 6.33. The molecular formula is C12H21NO4. The van der Waals surface area contributed by atoms with Gasteiger partial charge in [0.15, 0.2) is 0 Å². The topological polar surface area (TPSA) is 75.6 Å². The highest BCUT2D eigenvalue weighted by Crippen LogP contribution is 2.35. The molecule has 0 aliphatic heterocycles. The van der Waals surface area contributed by atoms with Crippen molar-refractivity contribution in [3.63, 3.8) is 0 Å². The molecule has 1 aliphatic carbocycles. The van der Waals surface area contributed by atoms with Crippen molar-refractivity contribution >= 4 is 11.9 Å². The molecule has 0 aromatic carbocycles. The first-order valence-electron chi connectivity index (χ1n) is 6.04. The third kappa shape index (κ3) is 4.00. The van der Waals surface area contributed by atoms with E-state index in [0.717, 1.165) is 6.42 Å². The van der Waals surface area contributed by atoms with Crippen LogP contribution < -0.4 is 5.32 Å². The van der Waals surface area contributed by atoms with Gasteiger partial charge in [-0.05, 0) is 32.1 Å². The Hall–Kier alpha value is -1.10. The van der Waals surface area contributed by atoms with Crippen LogP contribution in [0.25, 0.3) is 0 Å². The first-order valence-corrected chi connectivity index (χ1v) is 6.04. The molecule has 0 aromatic heterocycles. The van der Waals surface area contributed by atoms with E-state index in [0.29, 0.717) is 25.4 Å². The molecule has 1 amide bonds. The van der Waals surface area contributed by atoms with Crippen LogP contribution >= 0.6 is 0 Å². The van der Waals surface area contributed by atoms with E-state index < -0.39 is 17.6 Å². The van der Waals surface area contributed by atoms with Crippen molar-refractivity contribution in [3.8, 4) is 0 Å². The van der Waals surface area contributed by atoms with Crippen LogP contribution in [-0.4, -0.2) is 35.2 Å². The molecular weight excluding hydrogens is 222 g/mol. The second-order valence-corrected chi connectivity index (χ2v) is 5.07. The van der Waals surface area contributed by atoms with E-state index in [1.165, 1.54) is 0 Å². The number of carbonyl (C=O) groups excluding carboxylic acids is 1. The minimum absolute atomic E-state index is 0.339. The summed E-state index contributed by atoms with van der Waals surface area (Å²) in [6, 6.07) is 0. The van der Waals surface area contributed by atoms with Crippen LogP contribution in [-0.2, 0) is 14.3 Å². The van der Waals surface area contributed by atoms with Crippen LogP contribution in [0.1, 0.15) is 40.0 Å². The van der Waals surface area contributed by atoms with Gasteiger partial charge in [0.1, 0.15) is 11.6 Å². The van der Waals surface area contributed by atoms with Gasteiger partial charge < -0.3 is 15.2 Å². The molecule has 0 aromatic rings. The Morgan fingerprint density at radius 3 is 2.35 bits per heavy atom. The predicted molar refractivity (Wildman–Crippen MR) is 62.6 cm³/mol. The Labute approximate surface area is 102 Å². The van der Waals surface area contributed by atoms with Gasteiger partial charge in [-0.15, -0.1) is 0 Å². The number of carbonyl (C=O) groups is 2. The molecule has 1 atom stereocenters. The third-order valence-electron chi connectivity index (χ3n) is 2.95. The number of amides is 1. The average molecular weight is 243 g/mol. The number of carboxylic acids is 1. The molecule has 5 nitrogen and oxygen atoms in total. The van der Waals surface area contributed by atoms with E-state index in [2.05, 4.69) is 19.2 Å². The maximum Gasteiger partial charge on any atom is 0.329 e. The van der Waals surface area contributed by atoms with Gasteiger partial charge in [0.2, 0.25) is 5.91 Å². The minimum atomic E-state index is -1.02. The first kappa shape index (κ1) is 14.0. The number of carboxylic acid groups (broad SMARTS) is 1. The Morgan fingerprint density at radius 2 is 1.94 bits per heavy atom. The highest BCUT2D eigenvalue weighted by Gasteiger charge is 2.52. The molecule has 0 bridgehead atoms. The van der Waals surface area contributed by atoms with E-state index >= 15 is 0 Å². The summed E-state index contributed by atoms with van der Waals surface area (Å²) in [5.41, 5.74) is -1.02. The molecule has 0 saturated heterocycles. The lowest BCUT2D eigenvalue weighted by molar-refractivity contribution is -0.145. The van der Waals surface area contributed by atoms with Gasteiger partial charge in [-0.3, -0.25) is 4.79 Å². The van der Waals surface area contributed by atoms with Gasteiger partial charge in [0.25, 0.3) is 0 Å². The molecule has 1 aliphatic rings. The number of ether oxygens (including phenoxy) is 1. The van der Waals surface area contributed by atoms with Crippen molar-refractivity contribution in [1.29, 1.82) is 0 Å². The van der Waals surface area contributed by atoms with Crippen molar-refractivity contribution in [2.24, 2.45) is 5.92 Å². The Balaban J connectivity index is 2.30. The van der Waals surface area contributed by atoms with Crippen LogP contribution in [0.5, 0.6) is 0 Å². The highest BCUT2D eigenvalue weighted by atomic mass is 16.5. The molecule has 1 saturated carbocycles. The lowest BCUT2D eigenvalue weighted by Crippen LogP contribution is -2.47. The summed E-state index contributed by atoms with van der Waals surface area (Å²) in [7, 11) is 0. The van der Waals surface area contributed by atoms with Gasteiger partial charge in [0.05, 0.1) is 0 Å². The molecule has 0 radical (unpaired) electrons. The largest absolute Gasteiger partial charge is 0.480 e. The summed E-state index contributed by atoms with van der Waals surface area (Å²) in [4.78, 5) is 22.6. The number of hydrogen-bond donors (Lipinski definition) is 2. The molecule has 98 valence electrons. The molecule has 1 fully saturated rings. The van der Waals surface area contributed by atoms with Gasteiger partial charge in [-0.1, -0.05) is 13.8 Å². The molecule has 2 N–H and O–H groups in total. The summed E-state index contributed by atoms with van der Waals surface area (Å²) in [5.74, 6) is -0.770. The normalized spacial score (nSPS) is 18.8. The molecule has 5 heteroatoms. The van der Waals surface area contributed by atoms with Crippen LogP contribution in [0.3, 0.4) is 0 Å². The van der Waals surface area contributed by atoms with E-state index in [4.69, 9.17) is 9.84 Å². The van der Waals surface area contributed by atoms with Crippen molar-refractivity contribution in [1.82, 2.24) is 5.32 Å². The highest BCUT2D eigenvalue weighted by molar-refractivity contribution is 5.91. The smallest absolute Gasteiger partial charge is 0.329 e. The SMILES string of the molecule is CC(C)CCOC(C)C(=O)NC1(C(=O)O)CC1. The standard InChI is InChI=1S/C12H21NO4/c1-8(2)4-7-17-9(3)10(14)13-12(5-6-12)11(15)16/h8-9H,4-7H2,1-3H3,(H,13,14)(H,15,16). The van der Waals surface area contributed by atoms with E-state index in [9.17, 15) is 9.59 Å². The van der Waals surface area contributed by atoms with Crippen molar-refractivity contribution in [3.05, 3.63) is 0 Å². The van der Waals surface area contributed by atoms with Crippen molar-refractivity contribution < 1.29 is 19.4 Å². The quantitative estimate of drug-likeness (QED) is 0.703. The Bertz CT molecular complexity index is 297. The summed E-state index contributed by atoms with van der Waals surface area (Å²) in [6.07, 6.45) is 1.31. The molecule has 0 spiro atoms. The summed E-state index contributed by atoms with van der Waals surface area (Å²) in [5, 5.41) is 11.5. The number of nitrogens with one attached hydrogen (secondary N) is 1. The zero-order valence-corrected chi connectivity index (χ0v) is 10.7. The van der Waals surface area contributed by atoms with Gasteiger partial charge in [-0.2, -0.15) is 0 Å². The van der Waals surface area contributed by atoms with Crippen LogP contribution in [0, 0.1) is 5.92 Å². The average Bonchev–Trinajstić information content (AvgIpc) is 2.98. The molecule has 0 heterocycles. The van der Waals surface area contributed by atoms with Crippen molar-refractivity contribution in [2.45, 2.75) is 51.7 Å². The second kappa shape index (κ2) is 5.49. The fraction of sp³-hybridized carbons (Fsp3) is 0.833. The Kier molecular flexibility index (Phi) is 4.51. The summed E-state index contributed by atoms with van der Waals surface area (Å²) >= 11 is 0. The van der Waals surface area contributed by atoms with Crippen LogP contribution in [0.2, 0.25) is 0 Å². The van der Waals surface area contributed by atoms with E-state index in [-0.39, 0.29) is 5.91 Å². The van der Waals surface area contributed by atoms with Gasteiger partial charge in [-0.25, -0.2) is 4.79 Å². The molecule has 17 heavy (non-hydrogen) atoms. The van der Waals surface area contributed by atoms with Crippen LogP contribution in [0.15, 0.2) is 0 Å². The Morgan fingerprint density at radius 1 is 1.35 bits per heavy atom. The van der Waals surface area contributed by atoms with E-state index in [1.807, 2.05) is 0 Å². The fourth-order valence-corrected chi connectivity index (χ4v) is 1.41. The van der Waals surface area contributed by atoms with Gasteiger partial charge in [0, 0.05) is 6.61 Å². The lowest BCUT2D eigenvalue weighted by Gasteiger charge is -2.17. The predicted octanol–water partition coefficient (Wildman–Crippen LogP) is 1.17. The molecule has 1 rings (SSSR count). The van der Waals surface area contributed by atoms with Crippen LogP contribution in [0.4, 0.5) is 0 Å². The zero-order chi connectivity index (χ0) is 13.1. The number of rotatable bonds is 7. The minimum Gasteiger partial charge on any atom is -0.480 e. The van der Waals surface area contributed by atoms with E-state index in [1.54, 1.807) is 6.92 Å². The second-order valence-electron chi connectivity index (χ2n) is 5.07. The number of aliphatic carboxylic acids is 1. The fourth-order valence-electron chi connectivity index (χ4n) is 1.41. The number of hydrogen-bond acceptors (Lipinski definition) is 3. The molecule has 1 unspecified atom stereocenters. The summed E-state index contributed by atoms with van der Waals surface area (Å²) < 4.78 is 5.36. The first-order chi connectivity index (χ1) is 7.87. The van der Waals surface area contributed by atoms with Crippen molar-refractivity contribution in [2.75, 3.05) is 6.61 Å². The van der Waals surface area contributed by atoms with Gasteiger partial charge >= 0.3 is 5.97 Å². The zero-order valence-electron chi connectivity index (χ0n) is 10.7. The third-order valence-corrected chi connectivity index (χ3v) is 2.95. The lowest BCUT2D eigenvalue weighted by atomic mass is 10.1. The maximum absolute atomic E-state index is 11.7. The maximum atomic E-state index is 11.7.